The minimum absolute atomic E-state index is 0.0912. The van der Waals surface area contributed by atoms with Gasteiger partial charge >= 0.3 is 11.6 Å². The molecule has 0 unspecified atom stereocenters. The molecule has 5 heterocycles. The van der Waals surface area contributed by atoms with E-state index in [9.17, 15) is 4.79 Å². The van der Waals surface area contributed by atoms with E-state index in [2.05, 4.69) is 0 Å². The third-order valence-electron chi connectivity index (χ3n) is 7.61. The van der Waals surface area contributed by atoms with Crippen molar-refractivity contribution in [3.8, 4) is 23.0 Å². The van der Waals surface area contributed by atoms with Gasteiger partial charge in [-0.05, 0) is 58.0 Å². The van der Waals surface area contributed by atoms with Crippen LogP contribution in [0.4, 0.5) is 0 Å². The van der Waals surface area contributed by atoms with Gasteiger partial charge in [0, 0.05) is 18.2 Å². The molecule has 43 heavy (non-hydrogen) atoms. The van der Waals surface area contributed by atoms with Crippen LogP contribution in [0.1, 0.15) is 33.3 Å². The van der Waals surface area contributed by atoms with Crippen LogP contribution in [-0.2, 0) is 9.47 Å². The Morgan fingerprint density at radius 1 is 0.953 bits per heavy atom. The zero-order valence-corrected chi connectivity index (χ0v) is 24.3. The minimum Gasteiger partial charge on any atom is -0.490 e. The van der Waals surface area contributed by atoms with E-state index in [1.54, 1.807) is 30.5 Å². The highest BCUT2D eigenvalue weighted by Crippen LogP contribution is 2.48. The van der Waals surface area contributed by atoms with E-state index in [0.717, 1.165) is 16.5 Å². The predicted molar refractivity (Wildman–Crippen MR) is 158 cm³/mol. The molecule has 1 spiro atoms. The van der Waals surface area contributed by atoms with Crippen molar-refractivity contribution >= 4 is 39.0 Å². The van der Waals surface area contributed by atoms with Gasteiger partial charge < -0.3 is 41.7 Å². The summed E-state index contributed by atoms with van der Waals surface area (Å²) in [5.41, 5.74) is 1.84. The maximum atomic E-state index is 12.0. The number of benzene rings is 2. The monoisotopic (exact) mass is 586 g/mol. The quantitative estimate of drug-likeness (QED) is 0.146. The van der Waals surface area contributed by atoms with Gasteiger partial charge in [-0.3, -0.25) is 0 Å². The molecule has 0 saturated carbocycles. The van der Waals surface area contributed by atoms with Crippen LogP contribution in [0.15, 0.2) is 78.6 Å². The average molecular weight is 587 g/mol. The molecule has 0 aliphatic carbocycles. The predicted octanol–water partition coefficient (Wildman–Crippen LogP) is 6.97. The lowest BCUT2D eigenvalue weighted by Gasteiger charge is -2.30. The van der Waals surface area contributed by atoms with Gasteiger partial charge in [0.25, 0.3) is 0 Å². The van der Waals surface area contributed by atoms with Crippen molar-refractivity contribution in [3.63, 3.8) is 0 Å². The standard InChI is InChI=1S/C33H30O10/c1-18(2)9-13-37-27-19-8-12-33(41-24(19)16-23-20(27)10-14-36-23)42-25(32(3,4)43-33)17-39-28-21-6-7-26(34)40-30(21)31(35-5)29-22(28)11-15-38-29/h6-12,14-16,25H,13,17H2,1-5H3/t25-,33+/m1/s1. The van der Waals surface area contributed by atoms with Crippen molar-refractivity contribution in [1.82, 2.24) is 0 Å². The minimum atomic E-state index is -1.50. The number of fused-ring (bicyclic) bond motifs is 4. The summed E-state index contributed by atoms with van der Waals surface area (Å²) in [5.74, 6) is 0.443. The summed E-state index contributed by atoms with van der Waals surface area (Å²) in [6, 6.07) is 8.42. The van der Waals surface area contributed by atoms with E-state index >= 15 is 0 Å². The van der Waals surface area contributed by atoms with E-state index in [4.69, 9.17) is 41.7 Å². The van der Waals surface area contributed by atoms with Gasteiger partial charge in [0.05, 0.1) is 47.0 Å². The van der Waals surface area contributed by atoms with Gasteiger partial charge in [0.1, 0.15) is 42.1 Å². The molecule has 10 nitrogen and oxygen atoms in total. The molecule has 0 bridgehead atoms. The molecule has 7 rings (SSSR count). The lowest BCUT2D eigenvalue weighted by Crippen LogP contribution is -2.39. The van der Waals surface area contributed by atoms with Gasteiger partial charge in [-0.25, -0.2) is 4.79 Å². The third-order valence-corrected chi connectivity index (χ3v) is 7.61. The van der Waals surface area contributed by atoms with Crippen LogP contribution in [-0.4, -0.2) is 38.0 Å². The van der Waals surface area contributed by atoms with Gasteiger partial charge in [0.2, 0.25) is 5.75 Å². The molecule has 10 heteroatoms. The number of methoxy groups -OCH3 is 1. The molecule has 2 atom stereocenters. The van der Waals surface area contributed by atoms with Crippen molar-refractivity contribution in [1.29, 1.82) is 0 Å². The highest BCUT2D eigenvalue weighted by atomic mass is 16.9. The normalized spacial score (nSPS) is 20.4. The summed E-state index contributed by atoms with van der Waals surface area (Å²) >= 11 is 0. The van der Waals surface area contributed by atoms with Crippen LogP contribution in [0, 0.1) is 0 Å². The number of allylic oxidation sites excluding steroid dienone is 1. The SMILES string of the molecule is COc1c2occc2c(OC[C@H]2O[C@@]3(C=Cc4c(cc5occc5c4OCC=C(C)C)O3)OC2(C)C)c2ccc(=O)oc12. The van der Waals surface area contributed by atoms with Crippen LogP contribution in [0.25, 0.3) is 39.0 Å². The van der Waals surface area contributed by atoms with Crippen molar-refractivity contribution in [3.05, 3.63) is 76.6 Å². The molecule has 0 N–H and O–H groups in total. The van der Waals surface area contributed by atoms with Gasteiger partial charge in [-0.1, -0.05) is 5.57 Å². The Labute approximate surface area is 245 Å². The average Bonchev–Trinajstić information content (AvgIpc) is 3.68. The topological polar surface area (TPSA) is 112 Å². The smallest absolute Gasteiger partial charge is 0.350 e. The Morgan fingerprint density at radius 2 is 1.74 bits per heavy atom. The number of ether oxygens (including phenoxy) is 6. The molecule has 1 saturated heterocycles. The molecule has 3 aromatic heterocycles. The first-order valence-corrected chi connectivity index (χ1v) is 13.9. The lowest BCUT2D eigenvalue weighted by atomic mass is 10.0. The van der Waals surface area contributed by atoms with Gasteiger partial charge in [-0.2, -0.15) is 0 Å². The summed E-state index contributed by atoms with van der Waals surface area (Å²) < 4.78 is 54.1. The van der Waals surface area contributed by atoms with Crippen molar-refractivity contribution in [2.75, 3.05) is 20.3 Å². The Hall–Kier alpha value is -4.67. The first-order valence-electron chi connectivity index (χ1n) is 13.9. The second-order valence-corrected chi connectivity index (χ2v) is 11.2. The number of rotatable bonds is 7. The largest absolute Gasteiger partial charge is 0.490 e. The van der Waals surface area contributed by atoms with E-state index < -0.39 is 23.3 Å². The highest BCUT2D eigenvalue weighted by molar-refractivity contribution is 6.06. The number of hydrogen-bond donors (Lipinski definition) is 0. The fraction of sp³-hybridized carbons (Fsp3) is 0.303. The van der Waals surface area contributed by atoms with Crippen LogP contribution in [0.5, 0.6) is 23.0 Å². The summed E-state index contributed by atoms with van der Waals surface area (Å²) in [5, 5.41) is 2.07. The van der Waals surface area contributed by atoms with E-state index in [-0.39, 0.29) is 12.2 Å². The molecular formula is C33H30O10. The Bertz CT molecular complexity index is 1980. The molecule has 2 aliphatic heterocycles. The zero-order valence-electron chi connectivity index (χ0n) is 24.3. The second kappa shape index (κ2) is 9.96. The molecular weight excluding hydrogens is 556 g/mol. The van der Waals surface area contributed by atoms with Crippen LogP contribution >= 0.6 is 0 Å². The Kier molecular flexibility index (Phi) is 6.30. The molecule has 0 amide bonds. The lowest BCUT2D eigenvalue weighted by molar-refractivity contribution is -0.271. The van der Waals surface area contributed by atoms with Gasteiger partial charge in [0.15, 0.2) is 11.2 Å². The first-order chi connectivity index (χ1) is 20.7. The molecule has 5 aromatic rings. The van der Waals surface area contributed by atoms with Crippen molar-refractivity contribution in [2.24, 2.45) is 0 Å². The van der Waals surface area contributed by atoms with Gasteiger partial charge in [-0.15, -0.1) is 0 Å². The number of furan rings is 2. The van der Waals surface area contributed by atoms with E-state index in [0.29, 0.717) is 51.5 Å². The first kappa shape index (κ1) is 27.2. The summed E-state index contributed by atoms with van der Waals surface area (Å²) in [7, 11) is 1.49. The highest BCUT2D eigenvalue weighted by Gasteiger charge is 2.55. The van der Waals surface area contributed by atoms with E-state index in [1.165, 1.54) is 19.4 Å². The molecule has 2 aromatic carbocycles. The molecule has 2 aliphatic rings. The van der Waals surface area contributed by atoms with Crippen molar-refractivity contribution < 1.29 is 41.7 Å². The van der Waals surface area contributed by atoms with E-state index in [1.807, 2.05) is 45.9 Å². The fourth-order valence-corrected chi connectivity index (χ4v) is 5.46. The third kappa shape index (κ3) is 4.54. The summed E-state index contributed by atoms with van der Waals surface area (Å²) in [6.45, 7) is 8.36. The zero-order chi connectivity index (χ0) is 29.9. The Balaban J connectivity index is 1.19. The van der Waals surface area contributed by atoms with Crippen LogP contribution in [0.3, 0.4) is 0 Å². The van der Waals surface area contributed by atoms with Crippen molar-refractivity contribution in [2.45, 2.75) is 45.4 Å². The second-order valence-electron chi connectivity index (χ2n) is 11.2. The van der Waals surface area contributed by atoms with Crippen LogP contribution < -0.4 is 24.6 Å². The Morgan fingerprint density at radius 3 is 2.56 bits per heavy atom. The molecule has 1 fully saturated rings. The summed E-state index contributed by atoms with van der Waals surface area (Å²) in [6.07, 6.45) is 8.21. The maximum absolute atomic E-state index is 12.0. The fourth-order valence-electron chi connectivity index (χ4n) is 5.46. The molecule has 222 valence electrons. The maximum Gasteiger partial charge on any atom is 0.350 e. The van der Waals surface area contributed by atoms with Crippen LogP contribution in [0.2, 0.25) is 0 Å². The summed E-state index contributed by atoms with van der Waals surface area (Å²) in [4.78, 5) is 12.0. The molecule has 0 radical (unpaired) electrons. The number of hydrogen-bond acceptors (Lipinski definition) is 10.